The highest BCUT2D eigenvalue weighted by molar-refractivity contribution is 5.92. The van der Waals surface area contributed by atoms with Gasteiger partial charge in [-0.05, 0) is 87.6 Å². The van der Waals surface area contributed by atoms with Crippen LogP contribution in [0.1, 0.15) is 133 Å². The average Bonchev–Trinajstić information content (AvgIpc) is 3.48. The standard InChI is InChI=1S/C42H56N4O4/c1-4-7-8-9-10-11-12-13-14-15-16-17-18-19-20-21-26-44-41(43)50-30-22-24-36-33(27-30)31(5-2)34-29-46-37(39(34)45-36)28-35-32(40(46)48)23-25-38(47)42(35,49)6-3/h10-11,13-14,22,24,27-28,49H,4-9,12,15-21,23,25-26,29H2,1-3H3,(H2,43,44)/b11-10-,14-13-/t42-/m0/s1. The molecule has 3 heterocycles. The van der Waals surface area contributed by atoms with E-state index in [1.165, 1.54) is 51.4 Å². The van der Waals surface area contributed by atoms with Crippen LogP contribution < -0.4 is 15.6 Å². The summed E-state index contributed by atoms with van der Waals surface area (Å²) in [6, 6.07) is 7.50. The molecular weight excluding hydrogens is 624 g/mol. The molecule has 0 saturated carbocycles. The van der Waals surface area contributed by atoms with Gasteiger partial charge in [-0.15, -0.1) is 0 Å². The second-order valence-electron chi connectivity index (χ2n) is 13.8. The Labute approximate surface area is 297 Å². The van der Waals surface area contributed by atoms with Gasteiger partial charge in [-0.3, -0.25) is 15.0 Å². The van der Waals surface area contributed by atoms with Gasteiger partial charge in [-0.2, -0.15) is 0 Å². The lowest BCUT2D eigenvalue weighted by Crippen LogP contribution is -2.43. The van der Waals surface area contributed by atoms with Crippen molar-refractivity contribution >= 4 is 22.7 Å². The number of hydrogen-bond donors (Lipinski definition) is 3. The molecule has 0 radical (unpaired) electrons. The lowest BCUT2D eigenvalue weighted by Gasteiger charge is -2.32. The molecule has 8 nitrogen and oxygen atoms in total. The number of amidine groups is 1. The van der Waals surface area contributed by atoms with E-state index in [4.69, 9.17) is 15.1 Å². The number of rotatable bonds is 18. The first kappa shape index (κ1) is 37.2. The third-order valence-electron chi connectivity index (χ3n) is 10.4. The molecule has 1 atom stereocenters. The number of allylic oxidation sites excluding steroid dienone is 4. The van der Waals surface area contributed by atoms with Gasteiger partial charge >= 0.3 is 0 Å². The lowest BCUT2D eigenvalue weighted by atomic mass is 9.77. The molecule has 1 aliphatic heterocycles. The Morgan fingerprint density at radius 1 is 0.940 bits per heavy atom. The topological polar surface area (TPSA) is 117 Å². The summed E-state index contributed by atoms with van der Waals surface area (Å²) in [5, 5.41) is 23.7. The fourth-order valence-corrected chi connectivity index (χ4v) is 7.46. The van der Waals surface area contributed by atoms with E-state index in [9.17, 15) is 14.7 Å². The zero-order valence-electron chi connectivity index (χ0n) is 30.4. The molecule has 5 rings (SSSR count). The van der Waals surface area contributed by atoms with E-state index in [1.54, 1.807) is 11.5 Å². The highest BCUT2D eigenvalue weighted by Gasteiger charge is 2.43. The van der Waals surface area contributed by atoms with Gasteiger partial charge in [0.15, 0.2) is 5.78 Å². The molecule has 1 aliphatic carbocycles. The van der Waals surface area contributed by atoms with E-state index in [2.05, 4.69) is 43.5 Å². The summed E-state index contributed by atoms with van der Waals surface area (Å²) in [5.74, 6) is 0.336. The Morgan fingerprint density at radius 3 is 2.38 bits per heavy atom. The Hall–Kier alpha value is -4.04. The largest absolute Gasteiger partial charge is 0.426 e. The number of aliphatic hydroxyl groups is 1. The van der Waals surface area contributed by atoms with Crippen LogP contribution in [0.4, 0.5) is 0 Å². The highest BCUT2D eigenvalue weighted by atomic mass is 16.5. The third kappa shape index (κ3) is 8.45. The number of ether oxygens (including phenoxy) is 1. The normalized spacial score (nSPS) is 16.7. The molecule has 0 saturated heterocycles. The summed E-state index contributed by atoms with van der Waals surface area (Å²) >= 11 is 0. The van der Waals surface area contributed by atoms with Gasteiger partial charge < -0.3 is 19.7 Å². The highest BCUT2D eigenvalue weighted by Crippen LogP contribution is 2.41. The van der Waals surface area contributed by atoms with Crippen LogP contribution in [0.15, 0.2) is 53.4 Å². The number of aryl methyl sites for hydroxylation is 1. The van der Waals surface area contributed by atoms with E-state index in [-0.39, 0.29) is 30.2 Å². The van der Waals surface area contributed by atoms with Crippen molar-refractivity contribution in [1.82, 2.24) is 14.9 Å². The minimum absolute atomic E-state index is 0.0293. The molecule has 3 aromatic rings. The first-order valence-corrected chi connectivity index (χ1v) is 19.1. The van der Waals surface area contributed by atoms with E-state index < -0.39 is 5.60 Å². The van der Waals surface area contributed by atoms with E-state index >= 15 is 0 Å². The summed E-state index contributed by atoms with van der Waals surface area (Å²) in [7, 11) is 0. The van der Waals surface area contributed by atoms with Crippen molar-refractivity contribution in [3.63, 3.8) is 0 Å². The summed E-state index contributed by atoms with van der Waals surface area (Å²) in [5.41, 5.74) is 3.39. The second-order valence-corrected chi connectivity index (χ2v) is 13.8. The van der Waals surface area contributed by atoms with E-state index in [0.29, 0.717) is 42.1 Å². The van der Waals surface area contributed by atoms with Crippen LogP contribution >= 0.6 is 0 Å². The number of nitrogens with zero attached hydrogens (tertiary/aromatic N) is 2. The molecule has 0 unspecified atom stereocenters. The fraction of sp³-hybridized carbons (Fsp3) is 0.524. The van der Waals surface area contributed by atoms with Crippen molar-refractivity contribution in [3.8, 4) is 17.1 Å². The summed E-state index contributed by atoms with van der Waals surface area (Å²) in [6.45, 7) is 7.21. The van der Waals surface area contributed by atoms with Gasteiger partial charge in [0.05, 0.1) is 23.4 Å². The van der Waals surface area contributed by atoms with Crippen molar-refractivity contribution in [1.29, 1.82) is 5.41 Å². The predicted octanol–water partition coefficient (Wildman–Crippen LogP) is 8.82. The number of carbonyl (C=O) groups is 1. The minimum atomic E-state index is -1.64. The number of hydrogen-bond acceptors (Lipinski definition) is 6. The van der Waals surface area contributed by atoms with Crippen LogP contribution in [-0.4, -0.2) is 33.0 Å². The molecule has 8 heteroatoms. The average molecular weight is 681 g/mol. The van der Waals surface area contributed by atoms with Crippen molar-refractivity contribution in [2.75, 3.05) is 6.54 Å². The number of benzene rings is 1. The quantitative estimate of drug-likeness (QED) is 0.0419. The van der Waals surface area contributed by atoms with Gasteiger partial charge in [-0.1, -0.05) is 83.6 Å². The zero-order valence-corrected chi connectivity index (χ0v) is 30.4. The number of ketones is 1. The zero-order chi connectivity index (χ0) is 35.5. The number of carbonyl (C=O) groups excluding carboxylic acids is 1. The summed E-state index contributed by atoms with van der Waals surface area (Å²) < 4.78 is 7.62. The van der Waals surface area contributed by atoms with Crippen molar-refractivity contribution in [2.24, 2.45) is 0 Å². The Kier molecular flexibility index (Phi) is 13.2. The molecule has 50 heavy (non-hydrogen) atoms. The second kappa shape index (κ2) is 17.8. The molecule has 0 amide bonds. The van der Waals surface area contributed by atoms with Crippen molar-refractivity contribution < 1.29 is 14.6 Å². The Morgan fingerprint density at radius 2 is 1.66 bits per heavy atom. The Balaban J connectivity index is 1.10. The smallest absolute Gasteiger partial charge is 0.287 e. The van der Waals surface area contributed by atoms with Gasteiger partial charge in [0.25, 0.3) is 11.6 Å². The first-order chi connectivity index (χ1) is 24.3. The van der Waals surface area contributed by atoms with E-state index in [1.807, 2.05) is 24.3 Å². The molecule has 0 fully saturated rings. The predicted molar refractivity (Wildman–Crippen MR) is 203 cm³/mol. The van der Waals surface area contributed by atoms with Crippen LogP contribution in [-0.2, 0) is 29.8 Å². The van der Waals surface area contributed by atoms with Crippen LogP contribution in [0.3, 0.4) is 0 Å². The maximum atomic E-state index is 13.7. The van der Waals surface area contributed by atoms with Gasteiger partial charge in [0.2, 0.25) is 0 Å². The van der Waals surface area contributed by atoms with Crippen LogP contribution in [0.5, 0.6) is 5.75 Å². The van der Waals surface area contributed by atoms with Crippen LogP contribution in [0.2, 0.25) is 0 Å². The summed E-state index contributed by atoms with van der Waals surface area (Å²) in [4.78, 5) is 31.4. The fourth-order valence-electron chi connectivity index (χ4n) is 7.46. The molecule has 1 aromatic carbocycles. The Bertz CT molecular complexity index is 1790. The van der Waals surface area contributed by atoms with Crippen molar-refractivity contribution in [2.45, 2.75) is 136 Å². The monoisotopic (exact) mass is 680 g/mol. The molecule has 0 spiro atoms. The number of Topliss-reactive ketones (excluding diaryl/α,β-unsaturated/α-hetero) is 1. The van der Waals surface area contributed by atoms with Gasteiger partial charge in [0.1, 0.15) is 11.4 Å². The number of pyridine rings is 2. The third-order valence-corrected chi connectivity index (χ3v) is 10.4. The molecule has 268 valence electrons. The molecule has 0 bridgehead atoms. The van der Waals surface area contributed by atoms with Gasteiger partial charge in [0, 0.05) is 35.0 Å². The maximum absolute atomic E-state index is 13.7. The molecule has 2 aliphatic rings. The van der Waals surface area contributed by atoms with Crippen LogP contribution in [0.25, 0.3) is 22.3 Å². The SMILES string of the molecule is CCCCC/C=C\C/C=C\CCCCCCCCNC(=N)Oc1ccc2nc3c(c(CC)c2c1)Cn1c-3cc2c(c1=O)CCC(=O)[C@]2(O)CC. The maximum Gasteiger partial charge on any atom is 0.287 e. The number of unbranched alkanes of at least 4 members (excludes halogenated alkanes) is 9. The van der Waals surface area contributed by atoms with Gasteiger partial charge in [-0.25, -0.2) is 4.98 Å². The number of nitrogens with one attached hydrogen (secondary N) is 2. The van der Waals surface area contributed by atoms with E-state index in [0.717, 1.165) is 59.8 Å². The molecule has 3 N–H and O–H groups in total. The number of aromatic nitrogens is 2. The molecular formula is C42H56N4O4. The molecule has 2 aromatic heterocycles. The minimum Gasteiger partial charge on any atom is -0.426 e. The summed E-state index contributed by atoms with van der Waals surface area (Å²) in [6.07, 6.45) is 25.1. The van der Waals surface area contributed by atoms with Crippen LogP contribution in [0, 0.1) is 5.41 Å². The number of fused-ring (bicyclic) bond motifs is 5. The lowest BCUT2D eigenvalue weighted by molar-refractivity contribution is -0.140. The van der Waals surface area contributed by atoms with Crippen molar-refractivity contribution in [3.05, 3.63) is 81.2 Å². The first-order valence-electron chi connectivity index (χ1n) is 19.1.